The number of nitrogens with one attached hydrogen (secondary N) is 1. The average Bonchev–Trinajstić information content (AvgIpc) is 2.66. The highest BCUT2D eigenvalue weighted by atomic mass is 16.6. The fraction of sp³-hybridized carbons (Fsp3) is 0.579. The first kappa shape index (κ1) is 21.8. The van der Waals surface area contributed by atoms with E-state index in [0.717, 1.165) is 31.5 Å². The minimum atomic E-state index is -0.808. The summed E-state index contributed by atoms with van der Waals surface area (Å²) in [6.45, 7) is 6.79. The quantitative estimate of drug-likeness (QED) is 0.488. The Hall–Kier alpha value is -2.52. The molecule has 0 aliphatic carbocycles. The molecule has 0 unspecified atom stereocenters. The van der Waals surface area contributed by atoms with E-state index in [9.17, 15) is 19.7 Å². The van der Waals surface area contributed by atoms with Crippen LogP contribution in [0.3, 0.4) is 0 Å². The van der Waals surface area contributed by atoms with E-state index in [-0.39, 0.29) is 24.2 Å². The smallest absolute Gasteiger partial charge is 0.317 e. The van der Waals surface area contributed by atoms with Gasteiger partial charge >= 0.3 is 5.97 Å². The molecule has 1 aliphatic heterocycles. The second-order valence-corrected chi connectivity index (χ2v) is 7.08. The summed E-state index contributed by atoms with van der Waals surface area (Å²) in [5.41, 5.74) is 1.19. The fourth-order valence-corrected chi connectivity index (χ4v) is 3.51. The number of rotatable bonds is 9. The normalized spacial score (nSPS) is 15.5. The van der Waals surface area contributed by atoms with E-state index in [1.54, 1.807) is 13.0 Å². The van der Waals surface area contributed by atoms with E-state index in [1.807, 2.05) is 11.8 Å². The van der Waals surface area contributed by atoms with Gasteiger partial charge in [-0.25, -0.2) is 0 Å². The van der Waals surface area contributed by atoms with Crippen LogP contribution in [0.2, 0.25) is 0 Å². The lowest BCUT2D eigenvalue weighted by molar-refractivity contribution is -0.384. The molecule has 0 aromatic heterocycles. The monoisotopic (exact) mass is 392 g/mol. The van der Waals surface area contributed by atoms with Crippen LogP contribution >= 0.6 is 0 Å². The van der Waals surface area contributed by atoms with Crippen molar-refractivity contribution < 1.29 is 19.6 Å². The van der Waals surface area contributed by atoms with Gasteiger partial charge in [-0.15, -0.1) is 0 Å². The van der Waals surface area contributed by atoms with Crippen molar-refractivity contribution >= 4 is 23.3 Å². The van der Waals surface area contributed by atoms with E-state index in [4.69, 9.17) is 5.11 Å². The highest BCUT2D eigenvalue weighted by molar-refractivity contribution is 5.92. The number of non-ortho nitro benzene ring substituents is 1. The molecule has 0 bridgehead atoms. The van der Waals surface area contributed by atoms with Crippen molar-refractivity contribution in [3.63, 3.8) is 0 Å². The summed E-state index contributed by atoms with van der Waals surface area (Å²) in [7, 11) is 0. The molecule has 2 N–H and O–H groups in total. The number of benzene rings is 1. The Balaban J connectivity index is 1.79. The van der Waals surface area contributed by atoms with Crippen molar-refractivity contribution in [3.8, 4) is 0 Å². The summed E-state index contributed by atoms with van der Waals surface area (Å²) in [4.78, 5) is 37.8. The number of aliphatic carboxylic acids is 1. The summed E-state index contributed by atoms with van der Waals surface area (Å²) in [6.07, 6.45) is 2.07. The Morgan fingerprint density at radius 3 is 2.61 bits per heavy atom. The Labute approximate surface area is 164 Å². The highest BCUT2D eigenvalue weighted by Crippen LogP contribution is 2.22. The molecule has 154 valence electrons. The molecule has 0 atom stereocenters. The van der Waals surface area contributed by atoms with Crippen molar-refractivity contribution in [3.05, 3.63) is 33.9 Å². The lowest BCUT2D eigenvalue weighted by Crippen LogP contribution is -2.47. The maximum Gasteiger partial charge on any atom is 0.317 e. The van der Waals surface area contributed by atoms with Gasteiger partial charge in [-0.2, -0.15) is 0 Å². The number of carboxylic acid groups (broad SMARTS) is 1. The number of hydrogen-bond donors (Lipinski definition) is 2. The van der Waals surface area contributed by atoms with Gasteiger partial charge in [-0.05, 0) is 45.0 Å². The van der Waals surface area contributed by atoms with Crippen LogP contribution in [0.4, 0.5) is 11.4 Å². The van der Waals surface area contributed by atoms with Gasteiger partial charge in [0.15, 0.2) is 0 Å². The van der Waals surface area contributed by atoms with Gasteiger partial charge in [0.2, 0.25) is 5.91 Å². The summed E-state index contributed by atoms with van der Waals surface area (Å²) in [5.74, 6) is -0.982. The second kappa shape index (κ2) is 10.1. The zero-order valence-electron chi connectivity index (χ0n) is 16.4. The molecule has 0 radical (unpaired) electrons. The summed E-state index contributed by atoms with van der Waals surface area (Å²) < 4.78 is 0. The van der Waals surface area contributed by atoms with Crippen LogP contribution in [0.25, 0.3) is 0 Å². The summed E-state index contributed by atoms with van der Waals surface area (Å²) in [5, 5.41) is 22.6. The van der Waals surface area contributed by atoms with Crippen molar-refractivity contribution in [1.82, 2.24) is 9.80 Å². The third-order valence-corrected chi connectivity index (χ3v) is 5.18. The number of piperidine rings is 1. The van der Waals surface area contributed by atoms with Gasteiger partial charge in [0.25, 0.3) is 5.69 Å². The van der Waals surface area contributed by atoms with Crippen LogP contribution < -0.4 is 5.32 Å². The molecule has 9 nitrogen and oxygen atoms in total. The zero-order chi connectivity index (χ0) is 20.7. The van der Waals surface area contributed by atoms with Gasteiger partial charge in [-0.1, -0.05) is 13.0 Å². The number of likely N-dealkylation sites (N-methyl/N-ethyl adjacent to an activating group) is 1. The molecule has 9 heteroatoms. The highest BCUT2D eigenvalue weighted by Gasteiger charge is 2.25. The molecule has 0 saturated carbocycles. The first-order valence-electron chi connectivity index (χ1n) is 9.53. The molecule has 1 aromatic rings. The van der Waals surface area contributed by atoms with Gasteiger partial charge in [0.05, 0.1) is 17.2 Å². The second-order valence-electron chi connectivity index (χ2n) is 7.08. The van der Waals surface area contributed by atoms with Crippen molar-refractivity contribution in [1.29, 1.82) is 0 Å². The van der Waals surface area contributed by atoms with Gasteiger partial charge < -0.3 is 15.3 Å². The molecule has 2 rings (SSSR count). The number of anilines is 1. The zero-order valence-corrected chi connectivity index (χ0v) is 16.4. The van der Waals surface area contributed by atoms with E-state index in [2.05, 4.69) is 10.2 Å². The first-order chi connectivity index (χ1) is 13.3. The van der Waals surface area contributed by atoms with Gasteiger partial charge in [0.1, 0.15) is 0 Å². The first-order valence-corrected chi connectivity index (χ1v) is 9.53. The number of carboxylic acids is 1. The van der Waals surface area contributed by atoms with E-state index >= 15 is 0 Å². The van der Waals surface area contributed by atoms with Crippen LogP contribution in [0.5, 0.6) is 0 Å². The van der Waals surface area contributed by atoms with Crippen molar-refractivity contribution in [2.75, 3.05) is 38.0 Å². The number of carbonyl (C=O) groups excluding carboxylic acids is 1. The third kappa shape index (κ3) is 6.28. The molecule has 1 saturated heterocycles. The van der Waals surface area contributed by atoms with Crippen LogP contribution in [0.1, 0.15) is 31.7 Å². The number of aryl methyl sites for hydroxylation is 1. The Morgan fingerprint density at radius 1 is 1.36 bits per heavy atom. The Kier molecular flexibility index (Phi) is 7.89. The van der Waals surface area contributed by atoms with Gasteiger partial charge in [0, 0.05) is 31.1 Å². The predicted molar refractivity (Wildman–Crippen MR) is 105 cm³/mol. The molecule has 0 spiro atoms. The minimum absolute atomic E-state index is 0.0511. The van der Waals surface area contributed by atoms with Crippen molar-refractivity contribution in [2.24, 2.45) is 0 Å². The number of nitro groups is 1. The van der Waals surface area contributed by atoms with Crippen molar-refractivity contribution in [2.45, 2.75) is 39.2 Å². The fourth-order valence-electron chi connectivity index (χ4n) is 3.51. The van der Waals surface area contributed by atoms with E-state index in [1.165, 1.54) is 12.1 Å². The Bertz CT molecular complexity index is 716. The number of amides is 1. The lowest BCUT2D eigenvalue weighted by Gasteiger charge is -2.37. The standard InChI is InChI=1S/C19H28N4O5/c1-3-22(13-19(25)26)15-6-9-21(10-7-15)11-8-18(24)20-17-12-16(23(27)28)5-4-14(17)2/h4-5,12,15H,3,6-11,13H2,1-2H3,(H,20,24)(H,25,26). The maximum atomic E-state index is 12.2. The van der Waals surface area contributed by atoms with Crippen LogP contribution in [-0.2, 0) is 9.59 Å². The van der Waals surface area contributed by atoms with Gasteiger partial charge in [-0.3, -0.25) is 24.6 Å². The van der Waals surface area contributed by atoms with Crippen LogP contribution in [0.15, 0.2) is 18.2 Å². The van der Waals surface area contributed by atoms with E-state index < -0.39 is 10.9 Å². The number of nitro benzene ring substituents is 1. The summed E-state index contributed by atoms with van der Waals surface area (Å²) in [6, 6.07) is 4.67. The molecule has 1 heterocycles. The predicted octanol–water partition coefficient (Wildman–Crippen LogP) is 2.10. The van der Waals surface area contributed by atoms with E-state index in [0.29, 0.717) is 25.2 Å². The molecular weight excluding hydrogens is 364 g/mol. The number of nitrogens with zero attached hydrogens (tertiary/aromatic N) is 3. The molecule has 1 amide bonds. The third-order valence-electron chi connectivity index (χ3n) is 5.18. The average molecular weight is 392 g/mol. The summed E-state index contributed by atoms with van der Waals surface area (Å²) >= 11 is 0. The number of carbonyl (C=O) groups is 2. The molecule has 1 aliphatic rings. The lowest BCUT2D eigenvalue weighted by atomic mass is 10.0. The molecule has 28 heavy (non-hydrogen) atoms. The molecular formula is C19H28N4O5. The van der Waals surface area contributed by atoms with Crippen LogP contribution in [0, 0.1) is 17.0 Å². The largest absolute Gasteiger partial charge is 0.480 e. The number of likely N-dealkylation sites (tertiary alicyclic amines) is 1. The maximum absolute atomic E-state index is 12.2. The van der Waals surface area contributed by atoms with Crippen LogP contribution in [-0.4, -0.2) is 70.5 Å². The molecule has 1 aromatic carbocycles. The Morgan fingerprint density at radius 2 is 2.04 bits per heavy atom. The SMILES string of the molecule is CCN(CC(=O)O)C1CCN(CCC(=O)Nc2cc([N+](=O)[O-])ccc2C)CC1. The topological polar surface area (TPSA) is 116 Å². The number of hydrogen-bond acceptors (Lipinski definition) is 6. The minimum Gasteiger partial charge on any atom is -0.480 e. The molecule has 1 fully saturated rings.